The minimum absolute atomic E-state index is 0.180. The van der Waals surface area contributed by atoms with E-state index in [1.54, 1.807) is 65.0 Å². The van der Waals surface area contributed by atoms with Crippen LogP contribution < -0.4 is 21.3 Å². The van der Waals surface area contributed by atoms with Crippen LogP contribution in [0.5, 0.6) is 0 Å². The highest BCUT2D eigenvalue weighted by Crippen LogP contribution is 2.20. The van der Waals surface area contributed by atoms with E-state index < -0.39 is 53.0 Å². The Balaban J connectivity index is 2.02. The summed E-state index contributed by atoms with van der Waals surface area (Å²) in [7, 11) is 0. The Labute approximate surface area is 224 Å². The highest BCUT2D eigenvalue weighted by molar-refractivity contribution is 6.38. The first-order chi connectivity index (χ1) is 17.8. The summed E-state index contributed by atoms with van der Waals surface area (Å²) in [6.45, 7) is 10.5. The topological polar surface area (TPSA) is 133 Å². The van der Waals surface area contributed by atoms with Crippen molar-refractivity contribution in [3.05, 3.63) is 71.8 Å². The predicted molar refractivity (Wildman–Crippen MR) is 145 cm³/mol. The molecule has 0 aliphatic heterocycles. The SMILES string of the molecule is CC(C)[C@H](NC(=O)[C@H](C)NC(=O)[C@@H](NC(=O)c1ccccc1)C(C)(C)C)C(=O)C(=O)NCc1ccccc1. The van der Waals surface area contributed by atoms with E-state index in [-0.39, 0.29) is 12.5 Å². The molecule has 0 aliphatic carbocycles. The first-order valence-corrected chi connectivity index (χ1v) is 12.6. The van der Waals surface area contributed by atoms with Gasteiger partial charge in [-0.2, -0.15) is 0 Å². The van der Waals surface area contributed by atoms with Gasteiger partial charge in [-0.05, 0) is 36.0 Å². The summed E-state index contributed by atoms with van der Waals surface area (Å²) in [6.07, 6.45) is 0. The third-order valence-electron chi connectivity index (χ3n) is 5.96. The average Bonchev–Trinajstić information content (AvgIpc) is 2.88. The molecule has 2 aromatic rings. The summed E-state index contributed by atoms with van der Waals surface area (Å²) >= 11 is 0. The number of hydrogen-bond acceptors (Lipinski definition) is 5. The van der Waals surface area contributed by atoms with E-state index in [1.165, 1.54) is 6.92 Å². The largest absolute Gasteiger partial charge is 0.345 e. The van der Waals surface area contributed by atoms with Gasteiger partial charge in [0.05, 0.1) is 6.04 Å². The fourth-order valence-electron chi connectivity index (χ4n) is 3.66. The van der Waals surface area contributed by atoms with Crippen molar-refractivity contribution in [3.8, 4) is 0 Å². The number of benzene rings is 2. The number of hydrogen-bond donors (Lipinski definition) is 4. The molecule has 2 rings (SSSR count). The van der Waals surface area contributed by atoms with Crippen LogP contribution in [0.25, 0.3) is 0 Å². The van der Waals surface area contributed by atoms with Crippen molar-refractivity contribution in [2.75, 3.05) is 0 Å². The van der Waals surface area contributed by atoms with Gasteiger partial charge in [0, 0.05) is 12.1 Å². The third kappa shape index (κ3) is 8.83. The Morgan fingerprint density at radius 2 is 1.29 bits per heavy atom. The number of ketones is 1. The van der Waals surface area contributed by atoms with Gasteiger partial charge in [-0.1, -0.05) is 83.1 Å². The van der Waals surface area contributed by atoms with Gasteiger partial charge in [-0.15, -0.1) is 0 Å². The van der Waals surface area contributed by atoms with Crippen LogP contribution in [0.2, 0.25) is 0 Å². The molecule has 0 saturated carbocycles. The molecule has 0 aliphatic rings. The van der Waals surface area contributed by atoms with Crippen molar-refractivity contribution in [1.82, 2.24) is 21.3 Å². The molecule has 0 bridgehead atoms. The van der Waals surface area contributed by atoms with Gasteiger partial charge < -0.3 is 21.3 Å². The molecule has 9 nitrogen and oxygen atoms in total. The van der Waals surface area contributed by atoms with Gasteiger partial charge in [-0.3, -0.25) is 24.0 Å². The van der Waals surface area contributed by atoms with Crippen molar-refractivity contribution < 1.29 is 24.0 Å². The molecular formula is C29H38N4O5. The Kier molecular flexibility index (Phi) is 10.7. The second kappa shape index (κ2) is 13.5. The van der Waals surface area contributed by atoms with E-state index >= 15 is 0 Å². The van der Waals surface area contributed by atoms with Crippen LogP contribution in [-0.2, 0) is 25.7 Å². The lowest BCUT2D eigenvalue weighted by atomic mass is 9.85. The Bertz CT molecular complexity index is 1130. The van der Waals surface area contributed by atoms with E-state index in [0.29, 0.717) is 5.56 Å². The van der Waals surface area contributed by atoms with Crippen LogP contribution in [0.1, 0.15) is 57.5 Å². The molecule has 4 amide bonds. The average molecular weight is 523 g/mol. The first-order valence-electron chi connectivity index (χ1n) is 12.6. The zero-order chi connectivity index (χ0) is 28.5. The van der Waals surface area contributed by atoms with E-state index in [9.17, 15) is 24.0 Å². The van der Waals surface area contributed by atoms with Gasteiger partial charge in [-0.25, -0.2) is 0 Å². The number of rotatable bonds is 11. The molecule has 3 atom stereocenters. The molecule has 0 heterocycles. The molecule has 204 valence electrons. The fraction of sp³-hybridized carbons (Fsp3) is 0.414. The molecule has 9 heteroatoms. The summed E-state index contributed by atoms with van der Waals surface area (Å²) in [6, 6.07) is 14.6. The standard InChI is InChI=1S/C29H38N4O5/c1-18(2)22(23(34)27(37)30-17-20-13-9-7-10-14-20)32-25(35)19(3)31-28(38)24(29(4,5)6)33-26(36)21-15-11-8-12-16-21/h7-16,18-19,22,24H,17H2,1-6H3,(H,30,37)(H,31,38)(H,32,35)(H,33,36)/t19-,22-,24+/m0/s1. The number of carbonyl (C=O) groups is 5. The van der Waals surface area contributed by atoms with Crippen molar-refractivity contribution >= 4 is 29.4 Å². The van der Waals surface area contributed by atoms with Gasteiger partial charge in [0.15, 0.2) is 0 Å². The molecule has 0 aromatic heterocycles. The molecule has 4 N–H and O–H groups in total. The maximum Gasteiger partial charge on any atom is 0.289 e. The number of nitrogens with one attached hydrogen (secondary N) is 4. The summed E-state index contributed by atoms with van der Waals surface area (Å²) in [4.78, 5) is 64.0. The van der Waals surface area contributed by atoms with Gasteiger partial charge >= 0.3 is 0 Å². The smallest absolute Gasteiger partial charge is 0.289 e. The maximum atomic E-state index is 13.1. The van der Waals surface area contributed by atoms with Crippen LogP contribution in [0.3, 0.4) is 0 Å². The highest BCUT2D eigenvalue weighted by atomic mass is 16.2. The van der Waals surface area contributed by atoms with Gasteiger partial charge in [0.2, 0.25) is 17.6 Å². The molecule has 0 saturated heterocycles. The van der Waals surface area contributed by atoms with E-state index in [0.717, 1.165) is 5.56 Å². The zero-order valence-electron chi connectivity index (χ0n) is 22.8. The highest BCUT2D eigenvalue weighted by Gasteiger charge is 2.35. The molecule has 0 unspecified atom stereocenters. The molecule has 0 fully saturated rings. The quantitative estimate of drug-likeness (QED) is 0.336. The van der Waals surface area contributed by atoms with Gasteiger partial charge in [0.25, 0.3) is 11.8 Å². The summed E-state index contributed by atoms with van der Waals surface area (Å²) < 4.78 is 0. The van der Waals surface area contributed by atoms with Gasteiger partial charge in [0.1, 0.15) is 12.1 Å². The molecule has 38 heavy (non-hydrogen) atoms. The van der Waals surface area contributed by atoms with Crippen LogP contribution in [0, 0.1) is 11.3 Å². The Morgan fingerprint density at radius 3 is 1.82 bits per heavy atom. The minimum atomic E-state index is -1.08. The molecular weight excluding hydrogens is 484 g/mol. The van der Waals surface area contributed by atoms with Crippen LogP contribution in [-0.4, -0.2) is 47.5 Å². The van der Waals surface area contributed by atoms with E-state index in [1.807, 2.05) is 30.3 Å². The monoisotopic (exact) mass is 522 g/mol. The van der Waals surface area contributed by atoms with Crippen LogP contribution in [0.15, 0.2) is 60.7 Å². The van der Waals surface area contributed by atoms with Crippen LogP contribution in [0.4, 0.5) is 0 Å². The number of amides is 4. The molecule has 0 radical (unpaired) electrons. The maximum absolute atomic E-state index is 13.1. The third-order valence-corrected chi connectivity index (χ3v) is 5.96. The minimum Gasteiger partial charge on any atom is -0.345 e. The van der Waals surface area contributed by atoms with Crippen molar-refractivity contribution in [2.45, 2.75) is 66.2 Å². The van der Waals surface area contributed by atoms with Crippen molar-refractivity contribution in [2.24, 2.45) is 11.3 Å². The van der Waals surface area contributed by atoms with E-state index in [4.69, 9.17) is 0 Å². The first kappa shape index (κ1) is 30.2. The van der Waals surface area contributed by atoms with Crippen LogP contribution >= 0.6 is 0 Å². The second-order valence-corrected chi connectivity index (χ2v) is 10.6. The summed E-state index contributed by atoms with van der Waals surface area (Å²) in [5.41, 5.74) is 0.588. The fourth-order valence-corrected chi connectivity index (χ4v) is 3.66. The van der Waals surface area contributed by atoms with Crippen molar-refractivity contribution in [1.29, 1.82) is 0 Å². The predicted octanol–water partition coefficient (Wildman–Crippen LogP) is 2.36. The number of Topliss-reactive ketones (excluding diaryl/α,β-unsaturated/α-hetero) is 1. The Hall–Kier alpha value is -4.01. The number of carbonyl (C=O) groups excluding carboxylic acids is 5. The normalized spacial score (nSPS) is 13.6. The lowest BCUT2D eigenvalue weighted by molar-refractivity contribution is -0.141. The lowest BCUT2D eigenvalue weighted by Crippen LogP contribution is -2.59. The summed E-state index contributed by atoms with van der Waals surface area (Å²) in [5, 5.41) is 10.5. The van der Waals surface area contributed by atoms with Crippen molar-refractivity contribution in [3.63, 3.8) is 0 Å². The molecule has 0 spiro atoms. The zero-order valence-corrected chi connectivity index (χ0v) is 22.8. The Morgan fingerprint density at radius 1 is 0.737 bits per heavy atom. The molecule has 2 aromatic carbocycles. The lowest BCUT2D eigenvalue weighted by Gasteiger charge is -2.31. The summed E-state index contributed by atoms with van der Waals surface area (Å²) in [5.74, 6) is -3.53. The van der Waals surface area contributed by atoms with E-state index in [2.05, 4.69) is 21.3 Å². The second-order valence-electron chi connectivity index (χ2n) is 10.6.